The Bertz CT molecular complexity index is 444. The normalized spacial score (nSPS) is 20.0. The Kier molecular flexibility index (Phi) is 6.42. The van der Waals surface area contributed by atoms with E-state index in [0.717, 1.165) is 12.8 Å². The molecule has 0 unspecified atom stereocenters. The van der Waals surface area contributed by atoms with Crippen molar-refractivity contribution in [1.82, 2.24) is 15.1 Å². The van der Waals surface area contributed by atoms with E-state index in [1.54, 1.807) is 9.80 Å². The van der Waals surface area contributed by atoms with Crippen LogP contribution in [0.2, 0.25) is 0 Å². The van der Waals surface area contributed by atoms with Crippen LogP contribution in [0.3, 0.4) is 0 Å². The van der Waals surface area contributed by atoms with Gasteiger partial charge in [0.05, 0.1) is 13.1 Å². The van der Waals surface area contributed by atoms with E-state index in [0.29, 0.717) is 25.4 Å². The van der Waals surface area contributed by atoms with Crippen molar-refractivity contribution >= 4 is 17.7 Å². The van der Waals surface area contributed by atoms with Crippen molar-refractivity contribution in [2.24, 2.45) is 5.92 Å². The number of piperazine rings is 1. The van der Waals surface area contributed by atoms with Gasteiger partial charge in [0.15, 0.2) is 0 Å². The summed E-state index contributed by atoms with van der Waals surface area (Å²) in [7, 11) is 0. The van der Waals surface area contributed by atoms with Gasteiger partial charge in [-0.15, -0.1) is 0 Å². The Morgan fingerprint density at radius 2 is 1.87 bits per heavy atom. The van der Waals surface area contributed by atoms with Gasteiger partial charge in [-0.1, -0.05) is 19.3 Å². The largest absolute Gasteiger partial charge is 0.352 e. The lowest BCUT2D eigenvalue weighted by atomic mass is 9.86. The zero-order chi connectivity index (χ0) is 16.8. The van der Waals surface area contributed by atoms with Crippen molar-refractivity contribution in [3.63, 3.8) is 0 Å². The SMILES string of the molecule is CC(C)NC(=O)CN1CCN(C(=O)CC2CCCCC2)CC1=O. The van der Waals surface area contributed by atoms with Crippen LogP contribution in [0.25, 0.3) is 0 Å². The summed E-state index contributed by atoms with van der Waals surface area (Å²) in [4.78, 5) is 39.5. The first-order valence-electron chi connectivity index (χ1n) is 8.80. The molecule has 6 nitrogen and oxygen atoms in total. The van der Waals surface area contributed by atoms with E-state index in [4.69, 9.17) is 0 Å². The monoisotopic (exact) mass is 323 g/mol. The fourth-order valence-corrected chi connectivity index (χ4v) is 3.40. The predicted molar refractivity (Wildman–Crippen MR) is 87.6 cm³/mol. The zero-order valence-corrected chi connectivity index (χ0v) is 14.3. The first-order valence-corrected chi connectivity index (χ1v) is 8.80. The van der Waals surface area contributed by atoms with E-state index in [1.165, 1.54) is 19.3 Å². The van der Waals surface area contributed by atoms with Crippen molar-refractivity contribution in [2.45, 2.75) is 58.4 Å². The average Bonchev–Trinajstić information content (AvgIpc) is 2.49. The number of amides is 3. The second kappa shape index (κ2) is 8.31. The summed E-state index contributed by atoms with van der Waals surface area (Å²) in [6, 6.07) is 0.0657. The van der Waals surface area contributed by atoms with Crippen LogP contribution < -0.4 is 5.32 Å². The Morgan fingerprint density at radius 3 is 2.48 bits per heavy atom. The lowest BCUT2D eigenvalue weighted by molar-refractivity contribution is -0.147. The molecule has 0 aromatic carbocycles. The van der Waals surface area contributed by atoms with Gasteiger partial charge in [0.25, 0.3) is 0 Å². The molecule has 6 heteroatoms. The summed E-state index contributed by atoms with van der Waals surface area (Å²) >= 11 is 0. The third-order valence-corrected chi connectivity index (χ3v) is 4.64. The molecule has 1 N–H and O–H groups in total. The minimum atomic E-state index is -0.143. The number of carbonyl (C=O) groups is 3. The molecule has 0 bridgehead atoms. The zero-order valence-electron chi connectivity index (χ0n) is 14.3. The van der Waals surface area contributed by atoms with Gasteiger partial charge in [0.1, 0.15) is 0 Å². The minimum absolute atomic E-state index is 0.0657. The van der Waals surface area contributed by atoms with E-state index >= 15 is 0 Å². The number of nitrogens with zero attached hydrogens (tertiary/aromatic N) is 2. The molecule has 1 saturated heterocycles. The molecule has 1 heterocycles. The molecule has 23 heavy (non-hydrogen) atoms. The summed E-state index contributed by atoms with van der Waals surface area (Å²) in [5, 5.41) is 2.79. The highest BCUT2D eigenvalue weighted by Crippen LogP contribution is 2.27. The number of nitrogens with one attached hydrogen (secondary N) is 1. The van der Waals surface area contributed by atoms with Crippen molar-refractivity contribution in [2.75, 3.05) is 26.2 Å². The van der Waals surface area contributed by atoms with Crippen molar-refractivity contribution in [1.29, 1.82) is 0 Å². The molecule has 3 amide bonds. The van der Waals surface area contributed by atoms with E-state index in [2.05, 4.69) is 5.32 Å². The lowest BCUT2D eigenvalue weighted by Gasteiger charge is -2.35. The summed E-state index contributed by atoms with van der Waals surface area (Å²) in [6.07, 6.45) is 6.55. The molecule has 2 rings (SSSR count). The lowest BCUT2D eigenvalue weighted by Crippen LogP contribution is -2.54. The topological polar surface area (TPSA) is 69.7 Å². The minimum Gasteiger partial charge on any atom is -0.352 e. The van der Waals surface area contributed by atoms with Crippen LogP contribution in [0.1, 0.15) is 52.4 Å². The summed E-state index contributed by atoms with van der Waals surface area (Å²) in [6.45, 7) is 4.96. The second-order valence-electron chi connectivity index (χ2n) is 7.06. The van der Waals surface area contributed by atoms with E-state index < -0.39 is 0 Å². The van der Waals surface area contributed by atoms with Gasteiger partial charge in [0.2, 0.25) is 17.7 Å². The maximum Gasteiger partial charge on any atom is 0.242 e. The molecule has 0 aromatic rings. The molecule has 0 aromatic heterocycles. The van der Waals surface area contributed by atoms with Crippen LogP contribution in [0.15, 0.2) is 0 Å². The highest BCUT2D eigenvalue weighted by molar-refractivity contribution is 5.89. The fraction of sp³-hybridized carbons (Fsp3) is 0.824. The molecule has 2 fully saturated rings. The number of rotatable bonds is 5. The van der Waals surface area contributed by atoms with Gasteiger partial charge in [-0.05, 0) is 32.6 Å². The van der Waals surface area contributed by atoms with Crippen molar-refractivity contribution in [3.05, 3.63) is 0 Å². The Balaban J connectivity index is 1.77. The van der Waals surface area contributed by atoms with Crippen LogP contribution in [0.5, 0.6) is 0 Å². The van der Waals surface area contributed by atoms with Gasteiger partial charge < -0.3 is 15.1 Å². The standard InChI is InChI=1S/C17H29N3O3/c1-13(2)18-15(21)11-19-8-9-20(12-17(19)23)16(22)10-14-6-4-3-5-7-14/h13-14H,3-12H2,1-2H3,(H,18,21). The van der Waals surface area contributed by atoms with Crippen LogP contribution >= 0.6 is 0 Å². The van der Waals surface area contributed by atoms with Crippen LogP contribution in [0, 0.1) is 5.92 Å². The smallest absolute Gasteiger partial charge is 0.242 e. The average molecular weight is 323 g/mol. The van der Waals surface area contributed by atoms with Crippen molar-refractivity contribution < 1.29 is 14.4 Å². The van der Waals surface area contributed by atoms with Crippen LogP contribution in [-0.2, 0) is 14.4 Å². The van der Waals surface area contributed by atoms with Gasteiger partial charge in [0, 0.05) is 25.6 Å². The highest BCUT2D eigenvalue weighted by Gasteiger charge is 2.29. The fourth-order valence-electron chi connectivity index (χ4n) is 3.40. The molecule has 1 saturated carbocycles. The molecule has 1 aliphatic carbocycles. The summed E-state index contributed by atoms with van der Waals surface area (Å²) < 4.78 is 0. The van der Waals surface area contributed by atoms with E-state index in [-0.39, 0.29) is 36.9 Å². The maximum atomic E-state index is 12.4. The second-order valence-corrected chi connectivity index (χ2v) is 7.06. The third-order valence-electron chi connectivity index (χ3n) is 4.64. The Labute approximate surface area is 138 Å². The third kappa shape index (κ3) is 5.52. The Morgan fingerprint density at radius 1 is 1.17 bits per heavy atom. The van der Waals surface area contributed by atoms with Crippen LogP contribution in [0.4, 0.5) is 0 Å². The summed E-state index contributed by atoms with van der Waals surface area (Å²) in [5.74, 6) is 0.306. The first-order chi connectivity index (χ1) is 11.0. The molecule has 0 atom stereocenters. The molecule has 130 valence electrons. The molecule has 2 aliphatic rings. The number of hydrogen-bond donors (Lipinski definition) is 1. The van der Waals surface area contributed by atoms with Gasteiger partial charge in [-0.25, -0.2) is 0 Å². The highest BCUT2D eigenvalue weighted by atomic mass is 16.2. The first kappa shape index (κ1) is 17.8. The van der Waals surface area contributed by atoms with Crippen LogP contribution in [-0.4, -0.2) is 59.7 Å². The molecular weight excluding hydrogens is 294 g/mol. The van der Waals surface area contributed by atoms with Gasteiger partial charge in [-0.2, -0.15) is 0 Å². The van der Waals surface area contributed by atoms with Gasteiger partial charge >= 0.3 is 0 Å². The van der Waals surface area contributed by atoms with E-state index in [1.807, 2.05) is 13.8 Å². The number of hydrogen-bond acceptors (Lipinski definition) is 3. The molecule has 1 aliphatic heterocycles. The Hall–Kier alpha value is -1.59. The molecule has 0 radical (unpaired) electrons. The number of carbonyl (C=O) groups excluding carboxylic acids is 3. The molecule has 0 spiro atoms. The van der Waals surface area contributed by atoms with E-state index in [9.17, 15) is 14.4 Å². The maximum absolute atomic E-state index is 12.4. The molecular formula is C17H29N3O3. The quantitative estimate of drug-likeness (QED) is 0.825. The predicted octanol–water partition coefficient (Wildman–Crippen LogP) is 1.15. The summed E-state index contributed by atoms with van der Waals surface area (Å²) in [5.41, 5.74) is 0. The van der Waals surface area contributed by atoms with Crippen molar-refractivity contribution in [3.8, 4) is 0 Å². The van der Waals surface area contributed by atoms with Gasteiger partial charge in [-0.3, -0.25) is 14.4 Å².